The number of hydrogen-bond acceptors (Lipinski definition) is 2. The largest absolute Gasteiger partial charge is 0.352 e. The molecular weight excluding hydrogens is 226 g/mol. The molecule has 0 heterocycles. The van der Waals surface area contributed by atoms with E-state index in [4.69, 9.17) is 5.26 Å². The van der Waals surface area contributed by atoms with Crippen molar-refractivity contribution in [3.8, 4) is 6.07 Å². The third-order valence-corrected chi connectivity index (χ3v) is 3.26. The predicted octanol–water partition coefficient (Wildman–Crippen LogP) is 2.62. The fourth-order valence-corrected chi connectivity index (χ4v) is 2.03. The molecule has 17 heavy (non-hydrogen) atoms. The van der Waals surface area contributed by atoms with Gasteiger partial charge in [-0.15, -0.1) is 0 Å². The smallest absolute Gasteiger partial charge is 0.248 e. The van der Waals surface area contributed by atoms with Crippen molar-refractivity contribution in [1.29, 1.82) is 5.26 Å². The van der Waals surface area contributed by atoms with E-state index >= 15 is 0 Å². The average Bonchev–Trinajstić information content (AvgIpc) is 2.28. The number of hydrogen-bond donors (Lipinski definition) is 1. The van der Waals surface area contributed by atoms with E-state index in [1.54, 1.807) is 0 Å². The number of nitrogens with one attached hydrogen (secondary N) is 1. The van der Waals surface area contributed by atoms with Crippen molar-refractivity contribution in [1.82, 2.24) is 5.32 Å². The van der Waals surface area contributed by atoms with Crippen molar-refractivity contribution >= 4 is 5.91 Å². The first-order valence-corrected chi connectivity index (χ1v) is 6.03. The molecule has 0 aromatic heterocycles. The van der Waals surface area contributed by atoms with Crippen LogP contribution in [0.15, 0.2) is 0 Å². The Hall–Kier alpha value is -1.18. The Kier molecular flexibility index (Phi) is 4.86. The lowest BCUT2D eigenvalue weighted by molar-refractivity contribution is -0.129. The lowest BCUT2D eigenvalue weighted by Gasteiger charge is -2.28. The number of carbonyl (C=O) groups is 1. The van der Waals surface area contributed by atoms with Gasteiger partial charge >= 0.3 is 0 Å². The Balaban J connectivity index is 2.41. The number of rotatable bonds is 4. The third-order valence-electron chi connectivity index (χ3n) is 3.26. The van der Waals surface area contributed by atoms with Crippen molar-refractivity contribution in [3.05, 3.63) is 0 Å². The van der Waals surface area contributed by atoms with Crippen LogP contribution in [0.1, 0.15) is 45.4 Å². The molecule has 3 nitrogen and oxygen atoms in total. The molecule has 1 saturated carbocycles. The molecule has 1 unspecified atom stereocenters. The maximum atomic E-state index is 12.9. The number of nitriles is 1. The molecule has 96 valence electrons. The average molecular weight is 244 g/mol. The van der Waals surface area contributed by atoms with Gasteiger partial charge in [0.25, 0.3) is 0 Å². The van der Waals surface area contributed by atoms with E-state index in [-0.39, 0.29) is 50.0 Å². The van der Waals surface area contributed by atoms with Crippen molar-refractivity contribution in [2.24, 2.45) is 5.92 Å². The van der Waals surface area contributed by atoms with Crippen LogP contribution < -0.4 is 5.32 Å². The second kappa shape index (κ2) is 5.95. The first-order chi connectivity index (χ1) is 7.98. The van der Waals surface area contributed by atoms with Gasteiger partial charge < -0.3 is 5.32 Å². The third kappa shape index (κ3) is 4.29. The zero-order chi connectivity index (χ0) is 12.9. The first kappa shape index (κ1) is 13.9. The fourth-order valence-electron chi connectivity index (χ4n) is 2.03. The van der Waals surface area contributed by atoms with E-state index < -0.39 is 5.92 Å². The summed E-state index contributed by atoms with van der Waals surface area (Å²) in [6, 6.07) is 1.85. The quantitative estimate of drug-likeness (QED) is 0.826. The summed E-state index contributed by atoms with van der Waals surface area (Å²) in [5, 5.41) is 11.3. The second-order valence-corrected chi connectivity index (χ2v) is 4.61. The van der Waals surface area contributed by atoms with Gasteiger partial charge in [-0.05, 0) is 19.3 Å². The Morgan fingerprint density at radius 1 is 1.53 bits per heavy atom. The summed E-state index contributed by atoms with van der Waals surface area (Å²) in [4.78, 5) is 11.8. The van der Waals surface area contributed by atoms with E-state index in [2.05, 4.69) is 5.32 Å². The predicted molar refractivity (Wildman–Crippen MR) is 59.4 cm³/mol. The van der Waals surface area contributed by atoms with Crippen LogP contribution in [-0.4, -0.2) is 17.9 Å². The molecule has 1 atom stereocenters. The minimum atomic E-state index is -2.60. The lowest BCUT2D eigenvalue weighted by Crippen LogP contribution is -2.41. The van der Waals surface area contributed by atoms with Crippen LogP contribution in [0, 0.1) is 17.2 Å². The molecule has 0 aliphatic heterocycles. The highest BCUT2D eigenvalue weighted by molar-refractivity contribution is 5.79. The summed E-state index contributed by atoms with van der Waals surface area (Å²) < 4.78 is 25.8. The molecule has 1 aliphatic rings. The van der Waals surface area contributed by atoms with E-state index in [0.717, 1.165) is 0 Å². The van der Waals surface area contributed by atoms with Crippen LogP contribution >= 0.6 is 0 Å². The molecule has 1 N–H and O–H groups in total. The molecular formula is C12H18F2N2O. The molecule has 0 aromatic rings. The summed E-state index contributed by atoms with van der Waals surface area (Å²) >= 11 is 0. The minimum absolute atomic E-state index is 0.157. The Morgan fingerprint density at radius 2 is 2.12 bits per heavy atom. The standard InChI is InChI=1S/C12H18F2N2O/c1-2-10(5-8-15)16-11(17)9-3-6-12(13,14)7-4-9/h9-10H,2-7H2,1H3,(H,16,17). The van der Waals surface area contributed by atoms with Gasteiger partial charge in [0, 0.05) is 24.8 Å². The Bertz CT molecular complexity index is 302. The zero-order valence-electron chi connectivity index (χ0n) is 10.0. The lowest BCUT2D eigenvalue weighted by atomic mass is 9.86. The van der Waals surface area contributed by atoms with Gasteiger partial charge in [-0.2, -0.15) is 5.26 Å². The molecule has 5 heteroatoms. The number of halogens is 2. The fraction of sp³-hybridized carbons (Fsp3) is 0.833. The molecule has 1 fully saturated rings. The monoisotopic (exact) mass is 244 g/mol. The van der Waals surface area contributed by atoms with E-state index in [0.29, 0.717) is 6.42 Å². The first-order valence-electron chi connectivity index (χ1n) is 6.03. The van der Waals surface area contributed by atoms with Gasteiger partial charge in [-0.25, -0.2) is 8.78 Å². The normalized spacial score (nSPS) is 21.5. The molecule has 0 bridgehead atoms. The summed E-state index contributed by atoms with van der Waals surface area (Å²) in [6.07, 6.45) is 1.01. The number of carbonyl (C=O) groups excluding carboxylic acids is 1. The van der Waals surface area contributed by atoms with Crippen LogP contribution in [0.3, 0.4) is 0 Å². The highest BCUT2D eigenvalue weighted by Crippen LogP contribution is 2.36. The van der Waals surface area contributed by atoms with Crippen LogP contribution in [0.5, 0.6) is 0 Å². The summed E-state index contributed by atoms with van der Waals surface area (Å²) in [5.74, 6) is -3.10. The topological polar surface area (TPSA) is 52.9 Å². The van der Waals surface area contributed by atoms with E-state index in [1.165, 1.54) is 0 Å². The SMILES string of the molecule is CCC(CC#N)NC(=O)C1CCC(F)(F)CC1. The van der Waals surface area contributed by atoms with Gasteiger partial charge in [-0.1, -0.05) is 6.92 Å². The van der Waals surface area contributed by atoms with Crippen molar-refractivity contribution in [2.45, 2.75) is 57.4 Å². The summed E-state index contributed by atoms with van der Waals surface area (Å²) in [5.41, 5.74) is 0. The second-order valence-electron chi connectivity index (χ2n) is 4.61. The van der Waals surface area contributed by atoms with Gasteiger partial charge in [0.15, 0.2) is 0 Å². The van der Waals surface area contributed by atoms with Crippen LogP contribution in [0.4, 0.5) is 8.78 Å². The van der Waals surface area contributed by atoms with Crippen molar-refractivity contribution in [2.75, 3.05) is 0 Å². The van der Waals surface area contributed by atoms with Gasteiger partial charge in [0.2, 0.25) is 11.8 Å². The molecule has 1 amide bonds. The van der Waals surface area contributed by atoms with Crippen LogP contribution in [-0.2, 0) is 4.79 Å². The highest BCUT2D eigenvalue weighted by Gasteiger charge is 2.37. The maximum Gasteiger partial charge on any atom is 0.248 e. The number of amides is 1. The Morgan fingerprint density at radius 3 is 2.59 bits per heavy atom. The molecule has 0 radical (unpaired) electrons. The van der Waals surface area contributed by atoms with E-state index in [9.17, 15) is 13.6 Å². The van der Waals surface area contributed by atoms with Gasteiger partial charge in [-0.3, -0.25) is 4.79 Å². The number of alkyl halides is 2. The molecule has 0 saturated heterocycles. The molecule has 0 aromatic carbocycles. The summed E-state index contributed by atoms with van der Waals surface area (Å²) in [7, 11) is 0. The minimum Gasteiger partial charge on any atom is -0.352 e. The van der Waals surface area contributed by atoms with Crippen LogP contribution in [0.2, 0.25) is 0 Å². The van der Waals surface area contributed by atoms with Crippen molar-refractivity contribution in [3.63, 3.8) is 0 Å². The summed E-state index contributed by atoms with van der Waals surface area (Å²) in [6.45, 7) is 1.89. The maximum absolute atomic E-state index is 12.9. The van der Waals surface area contributed by atoms with Gasteiger partial charge in [0.05, 0.1) is 12.5 Å². The van der Waals surface area contributed by atoms with Crippen LogP contribution in [0.25, 0.3) is 0 Å². The molecule has 1 rings (SSSR count). The molecule has 1 aliphatic carbocycles. The number of nitrogens with zero attached hydrogens (tertiary/aromatic N) is 1. The zero-order valence-corrected chi connectivity index (χ0v) is 10.0. The van der Waals surface area contributed by atoms with Gasteiger partial charge in [0.1, 0.15) is 0 Å². The Labute approximate surface area is 100 Å². The molecule has 0 spiro atoms. The van der Waals surface area contributed by atoms with Crippen molar-refractivity contribution < 1.29 is 13.6 Å². The highest BCUT2D eigenvalue weighted by atomic mass is 19.3. The van der Waals surface area contributed by atoms with E-state index in [1.807, 2.05) is 13.0 Å².